The van der Waals surface area contributed by atoms with Crippen molar-refractivity contribution in [3.05, 3.63) is 74.9 Å². The Morgan fingerprint density at radius 2 is 1.56 bits per heavy atom. The van der Waals surface area contributed by atoms with E-state index in [4.69, 9.17) is 0 Å². The van der Waals surface area contributed by atoms with Gasteiger partial charge in [-0.05, 0) is 47.2 Å². The number of thiophene rings is 2. The molecule has 2 nitrogen and oxygen atoms in total. The van der Waals surface area contributed by atoms with Gasteiger partial charge in [-0.3, -0.25) is 4.79 Å². The molecule has 0 saturated carbocycles. The average molecular weight is 392 g/mol. The maximum absolute atomic E-state index is 12.9. The summed E-state index contributed by atoms with van der Waals surface area (Å²) in [5.41, 5.74) is 0. The van der Waals surface area contributed by atoms with Gasteiger partial charge in [0.25, 0.3) is 0 Å². The highest BCUT2D eigenvalue weighted by atomic mass is 32.2. The second-order valence-corrected chi connectivity index (χ2v) is 8.69. The number of nitrogens with zero attached hydrogens (tertiary/aromatic N) is 1. The molecule has 3 aromatic rings. The minimum atomic E-state index is -0.238. The Hall–Kier alpha value is -1.63. The fourth-order valence-electron chi connectivity index (χ4n) is 2.36. The van der Waals surface area contributed by atoms with E-state index in [2.05, 4.69) is 12.1 Å². The Bertz CT molecular complexity index is 733. The summed E-state index contributed by atoms with van der Waals surface area (Å²) in [5, 5.41) is 4.07. The molecule has 0 radical (unpaired) electrons. The van der Waals surface area contributed by atoms with Crippen LogP contribution in [0.15, 0.2) is 64.2 Å². The minimum absolute atomic E-state index is 0.149. The van der Waals surface area contributed by atoms with Crippen LogP contribution in [0.2, 0.25) is 0 Å². The molecule has 2 heterocycles. The number of hydrogen-bond donors (Lipinski definition) is 0. The molecule has 2 aromatic heterocycles. The quantitative estimate of drug-likeness (QED) is 0.462. The Kier molecular flexibility index (Phi) is 6.67. The zero-order valence-electron chi connectivity index (χ0n) is 13.6. The van der Waals surface area contributed by atoms with Gasteiger partial charge in [-0.1, -0.05) is 12.1 Å². The Morgan fingerprint density at radius 3 is 2.08 bits per heavy atom. The number of carbonyl (C=O) groups excluding carboxylic acids is 1. The summed E-state index contributed by atoms with van der Waals surface area (Å²) in [5.74, 6) is 0.602. The van der Waals surface area contributed by atoms with Crippen LogP contribution in [-0.4, -0.2) is 16.6 Å². The second-order valence-electron chi connectivity index (χ2n) is 5.46. The van der Waals surface area contributed by atoms with Crippen LogP contribution in [0, 0.1) is 5.82 Å². The summed E-state index contributed by atoms with van der Waals surface area (Å²) in [4.78, 5) is 18.0. The molecule has 0 saturated heterocycles. The van der Waals surface area contributed by atoms with Crippen LogP contribution in [0.4, 0.5) is 4.39 Å². The van der Waals surface area contributed by atoms with Crippen molar-refractivity contribution in [2.45, 2.75) is 24.4 Å². The molecule has 0 aliphatic heterocycles. The minimum Gasteiger partial charge on any atom is -0.332 e. The van der Waals surface area contributed by atoms with E-state index < -0.39 is 0 Å². The molecule has 6 heteroatoms. The van der Waals surface area contributed by atoms with E-state index in [9.17, 15) is 9.18 Å². The van der Waals surface area contributed by atoms with Crippen LogP contribution < -0.4 is 0 Å². The number of hydrogen-bond acceptors (Lipinski definition) is 4. The molecule has 130 valence electrons. The lowest BCUT2D eigenvalue weighted by Crippen LogP contribution is -2.29. The lowest BCUT2D eigenvalue weighted by atomic mass is 10.3. The van der Waals surface area contributed by atoms with Crippen molar-refractivity contribution < 1.29 is 9.18 Å². The first-order valence-electron chi connectivity index (χ1n) is 7.91. The highest BCUT2D eigenvalue weighted by Gasteiger charge is 2.15. The lowest BCUT2D eigenvalue weighted by molar-refractivity contribution is -0.131. The fraction of sp³-hybridized carbons (Fsp3) is 0.211. The van der Waals surface area contributed by atoms with Crippen molar-refractivity contribution in [1.82, 2.24) is 4.90 Å². The third-order valence-corrected chi connectivity index (χ3v) is 6.34. The van der Waals surface area contributed by atoms with Gasteiger partial charge in [0.2, 0.25) is 5.91 Å². The number of benzene rings is 1. The van der Waals surface area contributed by atoms with E-state index in [-0.39, 0.29) is 11.7 Å². The van der Waals surface area contributed by atoms with Crippen molar-refractivity contribution >= 4 is 40.3 Å². The standard InChI is InChI=1S/C19H18FNOS3/c20-15-5-7-16(8-6-15)25-12-9-19(22)21(13-17-3-1-10-23-17)14-18-4-2-11-24-18/h1-8,10-11H,9,12-14H2. The molecule has 0 bridgehead atoms. The van der Waals surface area contributed by atoms with Crippen LogP contribution >= 0.6 is 34.4 Å². The SMILES string of the molecule is O=C(CCSc1ccc(F)cc1)N(Cc1cccs1)Cc1cccs1. The van der Waals surface area contributed by atoms with Crippen LogP contribution in [0.25, 0.3) is 0 Å². The Morgan fingerprint density at radius 1 is 0.960 bits per heavy atom. The normalized spacial score (nSPS) is 10.8. The number of halogens is 1. The molecule has 0 aliphatic rings. The van der Waals surface area contributed by atoms with Gasteiger partial charge < -0.3 is 4.90 Å². The monoisotopic (exact) mass is 391 g/mol. The summed E-state index contributed by atoms with van der Waals surface area (Å²) >= 11 is 4.93. The van der Waals surface area contributed by atoms with Gasteiger partial charge in [0.15, 0.2) is 0 Å². The maximum Gasteiger partial charge on any atom is 0.224 e. The van der Waals surface area contributed by atoms with Crippen LogP contribution in [0.5, 0.6) is 0 Å². The molecule has 0 unspecified atom stereocenters. The molecular formula is C19H18FNOS3. The van der Waals surface area contributed by atoms with Crippen LogP contribution in [0.1, 0.15) is 16.2 Å². The van der Waals surface area contributed by atoms with Crippen LogP contribution in [0.3, 0.4) is 0 Å². The van der Waals surface area contributed by atoms with Crippen molar-refractivity contribution in [3.8, 4) is 0 Å². The summed E-state index contributed by atoms with van der Waals surface area (Å²) in [6, 6.07) is 14.5. The first-order valence-corrected chi connectivity index (χ1v) is 10.7. The highest BCUT2D eigenvalue weighted by Crippen LogP contribution is 2.21. The molecule has 25 heavy (non-hydrogen) atoms. The Balaban J connectivity index is 1.56. The summed E-state index contributed by atoms with van der Waals surface area (Å²) in [6.07, 6.45) is 0.471. The predicted octanol–water partition coefficient (Wildman–Crippen LogP) is 5.66. The largest absolute Gasteiger partial charge is 0.332 e. The second kappa shape index (κ2) is 9.17. The third kappa shape index (κ3) is 5.70. The summed E-state index contributed by atoms with van der Waals surface area (Å²) < 4.78 is 12.9. The molecule has 0 fully saturated rings. The van der Waals surface area contributed by atoms with Gasteiger partial charge in [0.05, 0.1) is 13.1 Å². The lowest BCUT2D eigenvalue weighted by Gasteiger charge is -2.21. The molecule has 0 spiro atoms. The first-order chi connectivity index (χ1) is 12.2. The zero-order valence-corrected chi connectivity index (χ0v) is 16.0. The van der Waals surface area contributed by atoms with Gasteiger partial charge in [-0.2, -0.15) is 0 Å². The molecular weight excluding hydrogens is 373 g/mol. The van der Waals surface area contributed by atoms with Gasteiger partial charge in [0, 0.05) is 26.8 Å². The van der Waals surface area contributed by atoms with Crippen molar-refractivity contribution in [1.29, 1.82) is 0 Å². The zero-order chi connectivity index (χ0) is 17.5. The molecule has 0 aliphatic carbocycles. The van der Waals surface area contributed by atoms with E-state index in [1.54, 1.807) is 46.6 Å². The number of carbonyl (C=O) groups is 1. The van der Waals surface area contributed by atoms with E-state index in [1.807, 2.05) is 27.8 Å². The van der Waals surface area contributed by atoms with Crippen LogP contribution in [-0.2, 0) is 17.9 Å². The van der Waals surface area contributed by atoms with Crippen molar-refractivity contribution in [2.75, 3.05) is 5.75 Å². The Labute approximate surface area is 159 Å². The predicted molar refractivity (Wildman–Crippen MR) is 105 cm³/mol. The van der Waals surface area contributed by atoms with Gasteiger partial charge in [0.1, 0.15) is 5.82 Å². The van der Waals surface area contributed by atoms with Gasteiger partial charge in [-0.25, -0.2) is 4.39 Å². The van der Waals surface area contributed by atoms with Gasteiger partial charge >= 0.3 is 0 Å². The summed E-state index contributed by atoms with van der Waals surface area (Å²) in [6.45, 7) is 1.30. The maximum atomic E-state index is 12.9. The van der Waals surface area contributed by atoms with E-state index >= 15 is 0 Å². The molecule has 0 N–H and O–H groups in total. The van der Waals surface area contributed by atoms with E-state index in [1.165, 1.54) is 21.9 Å². The third-order valence-electron chi connectivity index (χ3n) is 3.60. The van der Waals surface area contributed by atoms with E-state index in [0.717, 1.165) is 4.90 Å². The highest BCUT2D eigenvalue weighted by molar-refractivity contribution is 7.99. The smallest absolute Gasteiger partial charge is 0.224 e. The average Bonchev–Trinajstić information content (AvgIpc) is 3.30. The number of amides is 1. The number of thioether (sulfide) groups is 1. The fourth-order valence-corrected chi connectivity index (χ4v) is 4.64. The van der Waals surface area contributed by atoms with Gasteiger partial charge in [-0.15, -0.1) is 34.4 Å². The molecule has 1 aromatic carbocycles. The summed E-state index contributed by atoms with van der Waals surface area (Å²) in [7, 11) is 0. The first kappa shape index (κ1) is 18.2. The molecule has 1 amide bonds. The topological polar surface area (TPSA) is 20.3 Å². The van der Waals surface area contributed by atoms with Crippen molar-refractivity contribution in [2.24, 2.45) is 0 Å². The van der Waals surface area contributed by atoms with Crippen molar-refractivity contribution in [3.63, 3.8) is 0 Å². The molecule has 0 atom stereocenters. The molecule has 3 rings (SSSR count). The van der Waals surface area contributed by atoms with E-state index in [0.29, 0.717) is 25.3 Å². The number of rotatable bonds is 8.